The van der Waals surface area contributed by atoms with Crippen molar-refractivity contribution in [2.75, 3.05) is 6.54 Å². The number of nitrogens with one attached hydrogen (secondary N) is 2. The van der Waals surface area contributed by atoms with E-state index in [0.29, 0.717) is 30.0 Å². The molecule has 0 radical (unpaired) electrons. The summed E-state index contributed by atoms with van der Waals surface area (Å²) in [5, 5.41) is 5.52. The number of rotatable bonds is 6. The van der Waals surface area contributed by atoms with Crippen LogP contribution in [-0.4, -0.2) is 18.4 Å². The van der Waals surface area contributed by atoms with E-state index >= 15 is 0 Å². The Kier molecular flexibility index (Phi) is 7.31. The van der Waals surface area contributed by atoms with E-state index in [9.17, 15) is 9.59 Å². The zero-order chi connectivity index (χ0) is 15.9. The molecule has 0 saturated heterocycles. The van der Waals surface area contributed by atoms with Crippen LogP contribution in [-0.2, 0) is 13.1 Å². The van der Waals surface area contributed by atoms with Crippen molar-refractivity contribution in [2.45, 2.75) is 20.0 Å². The third-order valence-electron chi connectivity index (χ3n) is 3.10. The highest BCUT2D eigenvalue weighted by Crippen LogP contribution is 2.08. The van der Waals surface area contributed by atoms with Gasteiger partial charge < -0.3 is 20.8 Å². The topological polar surface area (TPSA) is 97.4 Å². The molecule has 124 valence electrons. The highest BCUT2D eigenvalue weighted by Gasteiger charge is 2.10. The quantitative estimate of drug-likeness (QED) is 0.749. The smallest absolute Gasteiger partial charge is 0.254 e. The molecule has 1 aromatic heterocycles. The summed E-state index contributed by atoms with van der Waals surface area (Å²) in [4.78, 5) is 23.7. The highest BCUT2D eigenvalue weighted by molar-refractivity contribution is 5.95. The molecule has 0 aliphatic heterocycles. The lowest BCUT2D eigenvalue weighted by molar-refractivity contribution is 0.0946. The molecule has 0 unspecified atom stereocenters. The van der Waals surface area contributed by atoms with Crippen molar-refractivity contribution < 1.29 is 14.0 Å². The standard InChI is InChI=1S/C16H19N3O3.ClH/c1-2-18-15(20)12-5-3-4-11(6-12)9-19-16(21)13-7-14(8-17)22-10-13;/h3-7,10H,2,8-9,17H2,1H3,(H,18,20)(H,19,21);1H. The largest absolute Gasteiger partial charge is 0.467 e. The molecule has 0 saturated carbocycles. The summed E-state index contributed by atoms with van der Waals surface area (Å²) < 4.78 is 5.13. The lowest BCUT2D eigenvalue weighted by Gasteiger charge is -2.06. The van der Waals surface area contributed by atoms with Gasteiger partial charge in [0.25, 0.3) is 11.8 Å². The predicted octanol–water partition coefficient (Wildman–Crippen LogP) is 1.84. The van der Waals surface area contributed by atoms with Gasteiger partial charge in [-0.2, -0.15) is 0 Å². The van der Waals surface area contributed by atoms with Crippen LogP contribution < -0.4 is 16.4 Å². The molecule has 0 bridgehead atoms. The third kappa shape index (κ3) is 5.12. The van der Waals surface area contributed by atoms with Gasteiger partial charge in [0, 0.05) is 18.7 Å². The molecular formula is C16H20ClN3O3. The number of carbonyl (C=O) groups is 2. The summed E-state index contributed by atoms with van der Waals surface area (Å²) in [5.41, 5.74) is 7.28. The van der Waals surface area contributed by atoms with Crippen LogP contribution in [0, 0.1) is 0 Å². The van der Waals surface area contributed by atoms with Crippen LogP contribution in [0.15, 0.2) is 41.0 Å². The monoisotopic (exact) mass is 337 g/mol. The summed E-state index contributed by atoms with van der Waals surface area (Å²) in [6.45, 7) is 3.02. The fourth-order valence-electron chi connectivity index (χ4n) is 1.98. The molecule has 2 aromatic rings. The summed E-state index contributed by atoms with van der Waals surface area (Å²) in [6.07, 6.45) is 1.38. The first kappa shape index (κ1) is 18.7. The molecule has 1 aromatic carbocycles. The van der Waals surface area contributed by atoms with Gasteiger partial charge in [-0.1, -0.05) is 12.1 Å². The second-order valence-corrected chi connectivity index (χ2v) is 4.75. The normalized spacial score (nSPS) is 9.83. The van der Waals surface area contributed by atoms with Crippen LogP contribution in [0.3, 0.4) is 0 Å². The lowest BCUT2D eigenvalue weighted by atomic mass is 10.1. The number of hydrogen-bond donors (Lipinski definition) is 3. The van der Waals surface area contributed by atoms with Gasteiger partial charge in [-0.05, 0) is 30.7 Å². The maximum absolute atomic E-state index is 12.0. The summed E-state index contributed by atoms with van der Waals surface area (Å²) in [6, 6.07) is 8.74. The van der Waals surface area contributed by atoms with E-state index in [4.69, 9.17) is 10.2 Å². The zero-order valence-electron chi connectivity index (χ0n) is 12.8. The van der Waals surface area contributed by atoms with Gasteiger partial charge in [-0.15, -0.1) is 12.4 Å². The van der Waals surface area contributed by atoms with Crippen LogP contribution in [0.2, 0.25) is 0 Å². The molecule has 7 heteroatoms. The number of nitrogens with two attached hydrogens (primary N) is 1. The van der Waals surface area contributed by atoms with Gasteiger partial charge in [0.2, 0.25) is 0 Å². The molecule has 0 aliphatic rings. The lowest BCUT2D eigenvalue weighted by Crippen LogP contribution is -2.24. The Labute approximate surface area is 140 Å². The Hall–Kier alpha value is -2.31. The van der Waals surface area contributed by atoms with E-state index in [0.717, 1.165) is 5.56 Å². The molecule has 0 spiro atoms. The zero-order valence-corrected chi connectivity index (χ0v) is 13.6. The fraction of sp³-hybridized carbons (Fsp3) is 0.250. The number of carbonyl (C=O) groups excluding carboxylic acids is 2. The van der Waals surface area contributed by atoms with E-state index in [1.807, 2.05) is 13.0 Å². The van der Waals surface area contributed by atoms with Crippen molar-refractivity contribution >= 4 is 24.2 Å². The number of benzene rings is 1. The Morgan fingerprint density at radius 3 is 2.52 bits per heavy atom. The number of furan rings is 1. The number of amides is 2. The van der Waals surface area contributed by atoms with Gasteiger partial charge in [0.1, 0.15) is 12.0 Å². The van der Waals surface area contributed by atoms with Gasteiger partial charge in [-0.25, -0.2) is 0 Å². The predicted molar refractivity (Wildman–Crippen MR) is 89.5 cm³/mol. The maximum Gasteiger partial charge on any atom is 0.254 e. The molecule has 6 nitrogen and oxygen atoms in total. The first-order chi connectivity index (χ1) is 10.6. The number of halogens is 1. The van der Waals surface area contributed by atoms with Crippen molar-refractivity contribution in [3.8, 4) is 0 Å². The van der Waals surface area contributed by atoms with Crippen molar-refractivity contribution in [1.82, 2.24) is 10.6 Å². The second-order valence-electron chi connectivity index (χ2n) is 4.75. The second kappa shape index (κ2) is 8.97. The molecular weight excluding hydrogens is 318 g/mol. The minimum absolute atomic E-state index is 0. The van der Waals surface area contributed by atoms with Gasteiger partial charge in [0.15, 0.2) is 0 Å². The minimum Gasteiger partial charge on any atom is -0.467 e. The van der Waals surface area contributed by atoms with E-state index in [1.165, 1.54) is 6.26 Å². The van der Waals surface area contributed by atoms with E-state index in [1.54, 1.807) is 24.3 Å². The van der Waals surface area contributed by atoms with Crippen LogP contribution >= 0.6 is 12.4 Å². The molecule has 2 rings (SSSR count). The molecule has 0 aliphatic carbocycles. The van der Waals surface area contributed by atoms with Gasteiger partial charge in [-0.3, -0.25) is 9.59 Å². The van der Waals surface area contributed by atoms with Crippen LogP contribution in [0.5, 0.6) is 0 Å². The Balaban J connectivity index is 0.00000264. The van der Waals surface area contributed by atoms with Crippen LogP contribution in [0.1, 0.15) is 39.0 Å². The van der Waals surface area contributed by atoms with Crippen molar-refractivity contribution in [3.63, 3.8) is 0 Å². The fourth-order valence-corrected chi connectivity index (χ4v) is 1.98. The van der Waals surface area contributed by atoms with Crippen molar-refractivity contribution in [1.29, 1.82) is 0 Å². The number of hydrogen-bond acceptors (Lipinski definition) is 4. The third-order valence-corrected chi connectivity index (χ3v) is 3.10. The average molecular weight is 338 g/mol. The van der Waals surface area contributed by atoms with Crippen LogP contribution in [0.25, 0.3) is 0 Å². The van der Waals surface area contributed by atoms with Gasteiger partial charge >= 0.3 is 0 Å². The molecule has 1 heterocycles. The highest BCUT2D eigenvalue weighted by atomic mass is 35.5. The molecule has 2 amide bonds. The molecule has 0 fully saturated rings. The Morgan fingerprint density at radius 2 is 1.87 bits per heavy atom. The van der Waals surface area contributed by atoms with Crippen LogP contribution in [0.4, 0.5) is 0 Å². The van der Waals surface area contributed by atoms with E-state index < -0.39 is 0 Å². The summed E-state index contributed by atoms with van der Waals surface area (Å²) >= 11 is 0. The summed E-state index contributed by atoms with van der Waals surface area (Å²) in [7, 11) is 0. The van der Waals surface area contributed by atoms with Crippen molar-refractivity contribution in [2.24, 2.45) is 5.73 Å². The Morgan fingerprint density at radius 1 is 1.13 bits per heavy atom. The minimum atomic E-state index is -0.244. The summed E-state index contributed by atoms with van der Waals surface area (Å²) in [5.74, 6) is 0.188. The maximum atomic E-state index is 12.0. The average Bonchev–Trinajstić information content (AvgIpc) is 3.02. The van der Waals surface area contributed by atoms with E-state index in [-0.39, 0.29) is 30.8 Å². The SMILES string of the molecule is CCNC(=O)c1cccc(CNC(=O)c2coc(CN)c2)c1.Cl. The first-order valence-corrected chi connectivity index (χ1v) is 7.07. The molecule has 0 atom stereocenters. The molecule has 23 heavy (non-hydrogen) atoms. The van der Waals surface area contributed by atoms with Crippen molar-refractivity contribution in [3.05, 3.63) is 59.0 Å². The Bertz CT molecular complexity index is 670. The van der Waals surface area contributed by atoms with Gasteiger partial charge in [0.05, 0.1) is 12.1 Å². The first-order valence-electron chi connectivity index (χ1n) is 7.07. The molecule has 4 N–H and O–H groups in total. The van der Waals surface area contributed by atoms with E-state index in [2.05, 4.69) is 10.6 Å².